The standard InChI is InChI=1S/C28H19N5O3/c29-17-24-26(34)23(28(35)36-27(24)31-30-21-12-6-2-7-13-21)16-20-18-33(22-14-8-3-9-15-22)32-25(20)19-10-4-1-5-11-19/h1-16,18,30-31H. The molecule has 1 aliphatic rings. The molecule has 2 heterocycles. The summed E-state index contributed by atoms with van der Waals surface area (Å²) in [6.07, 6.45) is 3.14. The van der Waals surface area contributed by atoms with E-state index in [-0.39, 0.29) is 17.0 Å². The summed E-state index contributed by atoms with van der Waals surface area (Å²) >= 11 is 0. The van der Waals surface area contributed by atoms with E-state index in [2.05, 4.69) is 10.9 Å². The largest absolute Gasteiger partial charge is 0.403 e. The Morgan fingerprint density at radius 1 is 0.861 bits per heavy atom. The van der Waals surface area contributed by atoms with E-state index in [4.69, 9.17) is 9.84 Å². The Hall–Kier alpha value is -5.42. The molecular formula is C28H19N5O3. The van der Waals surface area contributed by atoms with Crippen molar-refractivity contribution < 1.29 is 14.3 Å². The molecule has 0 saturated heterocycles. The molecule has 0 aliphatic carbocycles. The number of ether oxygens (including phenoxy) is 1. The van der Waals surface area contributed by atoms with E-state index in [1.807, 2.05) is 84.9 Å². The Morgan fingerprint density at radius 3 is 2.17 bits per heavy atom. The lowest BCUT2D eigenvalue weighted by Gasteiger charge is -2.19. The molecule has 8 nitrogen and oxygen atoms in total. The number of aromatic nitrogens is 2. The minimum Gasteiger partial charge on any atom is -0.403 e. The highest BCUT2D eigenvalue weighted by Gasteiger charge is 2.34. The summed E-state index contributed by atoms with van der Waals surface area (Å²) < 4.78 is 7.00. The number of anilines is 1. The minimum atomic E-state index is -0.872. The van der Waals surface area contributed by atoms with Crippen LogP contribution in [0.2, 0.25) is 0 Å². The molecule has 8 heteroatoms. The number of rotatable bonds is 6. The number of benzene rings is 3. The predicted octanol–water partition coefficient (Wildman–Crippen LogP) is 4.40. The number of nitrogens with zero attached hydrogens (tertiary/aromatic N) is 3. The average Bonchev–Trinajstić information content (AvgIpc) is 3.35. The fourth-order valence-electron chi connectivity index (χ4n) is 3.68. The topological polar surface area (TPSA) is 109 Å². The van der Waals surface area contributed by atoms with Crippen LogP contribution in [-0.2, 0) is 14.3 Å². The van der Waals surface area contributed by atoms with Crippen molar-refractivity contribution in [3.8, 4) is 23.0 Å². The van der Waals surface area contributed by atoms with Crippen molar-refractivity contribution in [3.63, 3.8) is 0 Å². The molecule has 36 heavy (non-hydrogen) atoms. The maximum atomic E-state index is 13.2. The Bertz CT molecular complexity index is 1530. The number of nitriles is 1. The number of ketones is 1. The zero-order valence-electron chi connectivity index (χ0n) is 18.9. The van der Waals surface area contributed by atoms with Crippen molar-refractivity contribution in [1.29, 1.82) is 5.26 Å². The Labute approximate surface area is 206 Å². The van der Waals surface area contributed by atoms with E-state index < -0.39 is 11.8 Å². The molecule has 2 N–H and O–H groups in total. The number of nitrogens with one attached hydrogen (secondary N) is 2. The quantitative estimate of drug-likeness (QED) is 0.185. The second kappa shape index (κ2) is 9.83. The number of carbonyl (C=O) groups excluding carboxylic acids is 2. The lowest BCUT2D eigenvalue weighted by molar-refractivity contribution is -0.138. The van der Waals surface area contributed by atoms with Gasteiger partial charge in [0, 0.05) is 17.3 Å². The molecule has 0 atom stereocenters. The maximum absolute atomic E-state index is 13.2. The van der Waals surface area contributed by atoms with E-state index >= 15 is 0 Å². The monoisotopic (exact) mass is 473 g/mol. The molecule has 0 bridgehead atoms. The second-order valence-corrected chi connectivity index (χ2v) is 7.79. The van der Waals surface area contributed by atoms with Gasteiger partial charge < -0.3 is 4.74 Å². The highest BCUT2D eigenvalue weighted by atomic mass is 16.6. The van der Waals surface area contributed by atoms with Crippen molar-refractivity contribution in [2.45, 2.75) is 0 Å². The summed E-state index contributed by atoms with van der Waals surface area (Å²) in [6.45, 7) is 0. The second-order valence-electron chi connectivity index (χ2n) is 7.79. The molecule has 0 unspecified atom stereocenters. The van der Waals surface area contributed by atoms with Crippen LogP contribution in [0.5, 0.6) is 0 Å². The van der Waals surface area contributed by atoms with Gasteiger partial charge in [-0.25, -0.2) is 9.48 Å². The molecule has 0 saturated carbocycles. The molecule has 4 aromatic rings. The van der Waals surface area contributed by atoms with Crippen LogP contribution in [0, 0.1) is 11.3 Å². The van der Waals surface area contributed by atoms with Crippen LogP contribution >= 0.6 is 0 Å². The summed E-state index contributed by atoms with van der Waals surface area (Å²) in [5.41, 5.74) is 8.26. The van der Waals surface area contributed by atoms with Gasteiger partial charge in [0.25, 0.3) is 0 Å². The first-order chi connectivity index (χ1) is 17.6. The SMILES string of the molecule is N#CC1=C(NNc2ccccc2)OC(=O)C(=Cc2cn(-c3ccccc3)nc2-c2ccccc2)C1=O. The van der Waals surface area contributed by atoms with Gasteiger partial charge in [-0.2, -0.15) is 10.4 Å². The van der Waals surface area contributed by atoms with Crippen LogP contribution in [0.15, 0.2) is 114 Å². The number of allylic oxidation sites excluding steroid dienone is 1. The van der Waals surface area contributed by atoms with E-state index in [1.54, 1.807) is 23.0 Å². The third-order valence-corrected chi connectivity index (χ3v) is 5.43. The van der Waals surface area contributed by atoms with Crippen LogP contribution in [0.4, 0.5) is 5.69 Å². The first-order valence-corrected chi connectivity index (χ1v) is 11.0. The van der Waals surface area contributed by atoms with Gasteiger partial charge in [-0.15, -0.1) is 0 Å². The van der Waals surface area contributed by atoms with Crippen molar-refractivity contribution >= 4 is 23.5 Å². The fourth-order valence-corrected chi connectivity index (χ4v) is 3.68. The molecule has 174 valence electrons. The van der Waals surface area contributed by atoms with Crippen LogP contribution in [-0.4, -0.2) is 21.5 Å². The highest BCUT2D eigenvalue weighted by molar-refractivity contribution is 6.30. The molecule has 3 aromatic carbocycles. The Kier molecular flexibility index (Phi) is 6.11. The van der Waals surface area contributed by atoms with Gasteiger partial charge >= 0.3 is 5.97 Å². The smallest absolute Gasteiger partial charge is 0.348 e. The van der Waals surface area contributed by atoms with Crippen molar-refractivity contribution in [2.75, 3.05) is 5.43 Å². The van der Waals surface area contributed by atoms with E-state index in [1.165, 1.54) is 6.08 Å². The van der Waals surface area contributed by atoms with E-state index in [9.17, 15) is 14.9 Å². The number of cyclic esters (lactones) is 1. The van der Waals surface area contributed by atoms with Crippen molar-refractivity contribution in [3.05, 3.63) is 120 Å². The molecule has 0 radical (unpaired) electrons. The van der Waals surface area contributed by atoms with Crippen LogP contribution in [0.25, 0.3) is 23.0 Å². The van der Waals surface area contributed by atoms with Gasteiger partial charge in [0.05, 0.1) is 17.1 Å². The zero-order valence-corrected chi connectivity index (χ0v) is 18.9. The number of hydrogen-bond acceptors (Lipinski definition) is 7. The molecule has 1 aromatic heterocycles. The fraction of sp³-hybridized carbons (Fsp3) is 0. The van der Waals surface area contributed by atoms with Crippen LogP contribution in [0.3, 0.4) is 0 Å². The number of esters is 1. The Balaban J connectivity index is 1.53. The van der Waals surface area contributed by atoms with Crippen molar-refractivity contribution in [1.82, 2.24) is 15.2 Å². The van der Waals surface area contributed by atoms with Crippen molar-refractivity contribution in [2.24, 2.45) is 0 Å². The summed E-state index contributed by atoms with van der Waals surface area (Å²) in [4.78, 5) is 26.0. The molecule has 0 spiro atoms. The van der Waals surface area contributed by atoms with E-state index in [0.717, 1.165) is 11.3 Å². The lowest BCUT2D eigenvalue weighted by Crippen LogP contribution is -2.33. The molecule has 0 fully saturated rings. The highest BCUT2D eigenvalue weighted by Crippen LogP contribution is 2.28. The molecule has 5 rings (SSSR count). The van der Waals surface area contributed by atoms with E-state index in [0.29, 0.717) is 16.9 Å². The predicted molar refractivity (Wildman–Crippen MR) is 134 cm³/mol. The number of carbonyl (C=O) groups is 2. The summed E-state index contributed by atoms with van der Waals surface area (Å²) in [6, 6.07) is 29.7. The van der Waals surface area contributed by atoms with Gasteiger partial charge in [0.1, 0.15) is 11.6 Å². The minimum absolute atomic E-state index is 0.253. The van der Waals surface area contributed by atoms with Gasteiger partial charge in [-0.05, 0) is 30.3 Å². The van der Waals surface area contributed by atoms with Gasteiger partial charge in [-0.3, -0.25) is 15.6 Å². The van der Waals surface area contributed by atoms with Crippen LogP contribution < -0.4 is 10.9 Å². The first-order valence-electron chi connectivity index (χ1n) is 11.0. The third kappa shape index (κ3) is 4.49. The summed E-state index contributed by atoms with van der Waals surface area (Å²) in [5.74, 6) is -1.86. The number of para-hydroxylation sites is 2. The number of hydrazine groups is 1. The summed E-state index contributed by atoms with van der Waals surface area (Å²) in [5, 5.41) is 14.3. The normalized spacial score (nSPS) is 14.4. The molecule has 1 aliphatic heterocycles. The average molecular weight is 473 g/mol. The number of hydrogen-bond donors (Lipinski definition) is 2. The maximum Gasteiger partial charge on any atom is 0.348 e. The molecule has 0 amide bonds. The van der Waals surface area contributed by atoms with Gasteiger partial charge in [-0.1, -0.05) is 66.7 Å². The van der Waals surface area contributed by atoms with Gasteiger partial charge in [0.15, 0.2) is 5.57 Å². The zero-order chi connectivity index (χ0) is 24.9. The number of Topliss-reactive ketones (excluding diaryl/α,β-unsaturated/α-hetero) is 1. The summed E-state index contributed by atoms with van der Waals surface area (Å²) in [7, 11) is 0. The Morgan fingerprint density at radius 2 is 1.50 bits per heavy atom. The van der Waals surface area contributed by atoms with Crippen LogP contribution in [0.1, 0.15) is 5.56 Å². The lowest BCUT2D eigenvalue weighted by atomic mass is 9.99. The third-order valence-electron chi connectivity index (χ3n) is 5.43. The van der Waals surface area contributed by atoms with Gasteiger partial charge in [0.2, 0.25) is 11.7 Å². The molecular weight excluding hydrogens is 454 g/mol. The first kappa shape index (κ1) is 22.4.